The van der Waals surface area contributed by atoms with Gasteiger partial charge in [-0.1, -0.05) is 29.8 Å². The molecule has 0 spiro atoms. The van der Waals surface area contributed by atoms with Crippen LogP contribution in [-0.4, -0.2) is 56.2 Å². The van der Waals surface area contributed by atoms with Crippen LogP contribution in [-0.2, 0) is 14.8 Å². The lowest BCUT2D eigenvalue weighted by Crippen LogP contribution is -2.46. The Morgan fingerprint density at radius 2 is 1.81 bits per heavy atom. The summed E-state index contributed by atoms with van der Waals surface area (Å²) in [5, 5.41) is 3.12. The number of rotatable bonds is 7. The monoisotopic (exact) mass is 474 g/mol. The second-order valence-corrected chi connectivity index (χ2v) is 11.4. The van der Waals surface area contributed by atoms with Crippen molar-refractivity contribution in [1.82, 2.24) is 9.62 Å². The van der Waals surface area contributed by atoms with Crippen molar-refractivity contribution in [3.05, 3.63) is 59.7 Å². The molecule has 0 aromatic heterocycles. The topological polar surface area (TPSA) is 75.7 Å². The molecular formula is C24H30N2O4S2. The Morgan fingerprint density at radius 1 is 1.09 bits per heavy atom. The lowest BCUT2D eigenvalue weighted by molar-refractivity contribution is 0.0920. The minimum Gasteiger partial charge on any atom is -0.377 e. The van der Waals surface area contributed by atoms with Crippen molar-refractivity contribution < 1.29 is 17.9 Å². The van der Waals surface area contributed by atoms with E-state index in [4.69, 9.17) is 4.74 Å². The Hall–Kier alpha value is -1.87. The summed E-state index contributed by atoms with van der Waals surface area (Å²) < 4.78 is 33.0. The number of carbonyl (C=O) groups is 1. The molecule has 4 rings (SSSR count). The van der Waals surface area contributed by atoms with Gasteiger partial charge in [0.2, 0.25) is 10.0 Å². The first-order valence-electron chi connectivity index (χ1n) is 11.1. The van der Waals surface area contributed by atoms with Crippen molar-refractivity contribution in [2.24, 2.45) is 0 Å². The Kier molecular flexibility index (Phi) is 7.55. The number of ether oxygens (including phenoxy) is 1. The molecule has 2 aliphatic heterocycles. The van der Waals surface area contributed by atoms with Gasteiger partial charge in [-0.2, -0.15) is 4.31 Å². The Morgan fingerprint density at radius 3 is 2.50 bits per heavy atom. The van der Waals surface area contributed by atoms with Crippen LogP contribution in [0.2, 0.25) is 0 Å². The van der Waals surface area contributed by atoms with Gasteiger partial charge in [-0.15, -0.1) is 11.8 Å². The Bertz CT molecular complexity index is 1030. The summed E-state index contributed by atoms with van der Waals surface area (Å²) in [7, 11) is -3.50. The van der Waals surface area contributed by atoms with Crippen LogP contribution >= 0.6 is 11.8 Å². The van der Waals surface area contributed by atoms with Crippen molar-refractivity contribution in [3.63, 3.8) is 0 Å². The number of amides is 1. The van der Waals surface area contributed by atoms with Gasteiger partial charge in [0, 0.05) is 36.4 Å². The van der Waals surface area contributed by atoms with Crippen molar-refractivity contribution in [3.8, 4) is 0 Å². The lowest BCUT2D eigenvalue weighted by atomic mass is 10.1. The molecular weight excluding hydrogens is 444 g/mol. The highest BCUT2D eigenvalue weighted by Gasteiger charge is 2.30. The SMILES string of the molecule is Cc1ccc(S(=O)(=O)N2CCC(NC(=O)c3ccccc3SCC3CCCO3)CC2)cc1. The summed E-state index contributed by atoms with van der Waals surface area (Å²) in [5.41, 5.74) is 1.70. The van der Waals surface area contributed by atoms with Gasteiger partial charge in [0.1, 0.15) is 0 Å². The molecule has 2 aromatic rings. The predicted octanol–water partition coefficient (Wildman–Crippen LogP) is 3.85. The molecule has 2 aromatic carbocycles. The minimum atomic E-state index is -3.50. The molecule has 1 amide bonds. The van der Waals surface area contributed by atoms with E-state index in [1.54, 1.807) is 23.9 Å². The molecule has 2 saturated heterocycles. The van der Waals surface area contributed by atoms with E-state index in [1.807, 2.05) is 43.3 Å². The number of carbonyl (C=O) groups excluding carboxylic acids is 1. The summed E-state index contributed by atoms with van der Waals surface area (Å²) in [4.78, 5) is 14.3. The number of nitrogens with zero attached hydrogens (tertiary/aromatic N) is 1. The molecule has 1 N–H and O–H groups in total. The van der Waals surface area contributed by atoms with Crippen LogP contribution in [0.1, 0.15) is 41.6 Å². The summed E-state index contributed by atoms with van der Waals surface area (Å²) in [6, 6.07) is 14.6. The van der Waals surface area contributed by atoms with E-state index in [1.165, 1.54) is 4.31 Å². The molecule has 32 heavy (non-hydrogen) atoms. The molecule has 172 valence electrons. The van der Waals surface area contributed by atoms with Crippen LogP contribution in [0.3, 0.4) is 0 Å². The number of piperidine rings is 1. The van der Waals surface area contributed by atoms with E-state index >= 15 is 0 Å². The maximum absolute atomic E-state index is 13.0. The molecule has 1 unspecified atom stereocenters. The van der Waals surface area contributed by atoms with Gasteiger partial charge in [0.15, 0.2) is 0 Å². The zero-order chi connectivity index (χ0) is 22.6. The number of benzene rings is 2. The van der Waals surface area contributed by atoms with Crippen molar-refractivity contribution >= 4 is 27.7 Å². The van der Waals surface area contributed by atoms with Gasteiger partial charge in [0.05, 0.1) is 16.6 Å². The number of nitrogens with one attached hydrogen (secondary N) is 1. The first-order chi connectivity index (χ1) is 15.4. The molecule has 8 heteroatoms. The molecule has 0 radical (unpaired) electrons. The maximum atomic E-state index is 13.0. The molecule has 2 fully saturated rings. The van der Waals surface area contributed by atoms with E-state index < -0.39 is 10.0 Å². The first-order valence-corrected chi connectivity index (χ1v) is 13.6. The quantitative estimate of drug-likeness (QED) is 0.617. The fourth-order valence-electron chi connectivity index (χ4n) is 4.10. The van der Waals surface area contributed by atoms with Crippen LogP contribution in [0.25, 0.3) is 0 Å². The molecule has 1 atom stereocenters. The van der Waals surface area contributed by atoms with E-state index in [-0.39, 0.29) is 18.1 Å². The van der Waals surface area contributed by atoms with E-state index in [0.717, 1.165) is 35.7 Å². The standard InChI is InChI=1S/C24H30N2O4S2/c1-18-8-10-21(11-9-18)32(28,29)26-14-12-19(13-15-26)25-24(27)22-6-2-3-7-23(22)31-17-20-5-4-16-30-20/h2-3,6-11,19-20H,4-5,12-17H2,1H3,(H,25,27). The number of aryl methyl sites for hydroxylation is 1. The van der Waals surface area contributed by atoms with Crippen LogP contribution in [0, 0.1) is 6.92 Å². The van der Waals surface area contributed by atoms with Crippen molar-refractivity contribution in [1.29, 1.82) is 0 Å². The molecule has 6 nitrogen and oxygen atoms in total. The maximum Gasteiger partial charge on any atom is 0.252 e. The Balaban J connectivity index is 1.33. The van der Waals surface area contributed by atoms with Crippen LogP contribution in [0.15, 0.2) is 58.3 Å². The average Bonchev–Trinajstić information content (AvgIpc) is 3.32. The first kappa shape index (κ1) is 23.3. The number of hydrogen-bond acceptors (Lipinski definition) is 5. The lowest BCUT2D eigenvalue weighted by Gasteiger charge is -2.31. The highest BCUT2D eigenvalue weighted by Crippen LogP contribution is 2.27. The van der Waals surface area contributed by atoms with Crippen LogP contribution in [0.4, 0.5) is 0 Å². The van der Waals surface area contributed by atoms with E-state index in [9.17, 15) is 13.2 Å². The molecule has 2 aliphatic rings. The van der Waals surface area contributed by atoms with Crippen LogP contribution < -0.4 is 5.32 Å². The van der Waals surface area contributed by atoms with E-state index in [0.29, 0.717) is 36.4 Å². The normalized spacial score (nSPS) is 20.3. The minimum absolute atomic E-state index is 0.0387. The second-order valence-electron chi connectivity index (χ2n) is 8.41. The third kappa shape index (κ3) is 5.54. The summed E-state index contributed by atoms with van der Waals surface area (Å²) >= 11 is 1.66. The molecule has 2 heterocycles. The third-order valence-electron chi connectivity index (χ3n) is 6.03. The largest absolute Gasteiger partial charge is 0.377 e. The highest BCUT2D eigenvalue weighted by molar-refractivity contribution is 7.99. The fraction of sp³-hybridized carbons (Fsp3) is 0.458. The van der Waals surface area contributed by atoms with Gasteiger partial charge in [-0.25, -0.2) is 8.42 Å². The van der Waals surface area contributed by atoms with E-state index in [2.05, 4.69) is 5.32 Å². The van der Waals surface area contributed by atoms with Crippen molar-refractivity contribution in [2.75, 3.05) is 25.4 Å². The number of sulfonamides is 1. The molecule has 0 bridgehead atoms. The average molecular weight is 475 g/mol. The zero-order valence-electron chi connectivity index (χ0n) is 18.3. The third-order valence-corrected chi connectivity index (χ3v) is 9.15. The number of hydrogen-bond donors (Lipinski definition) is 1. The fourth-order valence-corrected chi connectivity index (χ4v) is 6.69. The highest BCUT2D eigenvalue weighted by atomic mass is 32.2. The Labute approximate surface area is 194 Å². The molecule has 0 saturated carbocycles. The predicted molar refractivity (Wildman–Crippen MR) is 127 cm³/mol. The zero-order valence-corrected chi connectivity index (χ0v) is 20.0. The number of thioether (sulfide) groups is 1. The summed E-state index contributed by atoms with van der Waals surface area (Å²) in [5.74, 6) is 0.750. The van der Waals surface area contributed by atoms with Crippen LogP contribution in [0.5, 0.6) is 0 Å². The van der Waals surface area contributed by atoms with Crippen molar-refractivity contribution in [2.45, 2.75) is 54.5 Å². The van der Waals surface area contributed by atoms with Gasteiger partial charge in [-0.3, -0.25) is 4.79 Å². The molecule has 0 aliphatic carbocycles. The summed E-state index contributed by atoms with van der Waals surface area (Å²) in [6.45, 7) is 3.56. The van der Waals surface area contributed by atoms with Gasteiger partial charge in [0.25, 0.3) is 5.91 Å². The van der Waals surface area contributed by atoms with Gasteiger partial charge < -0.3 is 10.1 Å². The van der Waals surface area contributed by atoms with Gasteiger partial charge in [-0.05, 0) is 56.9 Å². The smallest absolute Gasteiger partial charge is 0.252 e. The second kappa shape index (κ2) is 10.4. The summed E-state index contributed by atoms with van der Waals surface area (Å²) in [6.07, 6.45) is 3.64. The van der Waals surface area contributed by atoms with Gasteiger partial charge >= 0.3 is 0 Å².